The zero-order valence-electron chi connectivity index (χ0n) is 4.65. The molecule has 0 amide bonds. The molecule has 0 heterocycles. The molecule has 0 aliphatic rings. The van der Waals surface area contributed by atoms with Crippen LogP contribution < -0.4 is 4.89 Å². The summed E-state index contributed by atoms with van der Waals surface area (Å²) in [6.45, 7) is 0. The fourth-order valence-corrected chi connectivity index (χ4v) is 0.481. The fraction of sp³-hybridized carbons (Fsp3) is 0. The molecule has 0 fully saturated rings. The summed E-state index contributed by atoms with van der Waals surface area (Å²) in [5.41, 5.74) is 0. The smallest absolute Gasteiger partial charge is 0.165 e. The summed E-state index contributed by atoms with van der Waals surface area (Å²) in [5.74, 6) is 0.465. The van der Waals surface area contributed by atoms with E-state index in [0.29, 0.717) is 5.75 Å². The van der Waals surface area contributed by atoms with Gasteiger partial charge in [0.05, 0.1) is 0 Å². The molecule has 0 atom stereocenters. The van der Waals surface area contributed by atoms with Crippen LogP contribution in [0.1, 0.15) is 0 Å². The molecule has 0 aliphatic heterocycles. The zero-order valence-corrected chi connectivity index (χ0v) is 5.47. The van der Waals surface area contributed by atoms with Gasteiger partial charge in [-0.2, -0.15) is 0 Å². The third-order valence-corrected chi connectivity index (χ3v) is 0.849. The molecule has 0 aliphatic carbocycles. The van der Waals surface area contributed by atoms with Crippen molar-refractivity contribution in [2.24, 2.45) is 0 Å². The predicted molar refractivity (Wildman–Crippen MR) is 36.9 cm³/mol. The Morgan fingerprint density at radius 1 is 1.11 bits per heavy atom. The Kier molecular flexibility index (Phi) is 3.84. The highest BCUT2D eigenvalue weighted by Gasteiger charge is 1.82. The highest BCUT2D eigenvalue weighted by atomic mass is 35.5. The standard InChI is InChI=1S/C6H6O2.ClH/c7-8-6-4-2-1-3-5-6;/h1-5,7H;1H. The molecule has 1 N–H and O–H groups in total. The Morgan fingerprint density at radius 2 is 1.67 bits per heavy atom. The Balaban J connectivity index is 0.000000640. The Morgan fingerprint density at radius 3 is 2.00 bits per heavy atom. The average molecular weight is 147 g/mol. The van der Waals surface area contributed by atoms with E-state index in [1.807, 2.05) is 6.07 Å². The molecule has 1 aromatic rings. The van der Waals surface area contributed by atoms with Gasteiger partial charge in [-0.05, 0) is 12.1 Å². The van der Waals surface area contributed by atoms with Gasteiger partial charge in [-0.1, -0.05) is 18.2 Å². The second kappa shape index (κ2) is 4.18. The lowest BCUT2D eigenvalue weighted by Crippen LogP contribution is -1.79. The summed E-state index contributed by atoms with van der Waals surface area (Å²) < 4.78 is 0. The van der Waals surface area contributed by atoms with E-state index in [-0.39, 0.29) is 12.4 Å². The van der Waals surface area contributed by atoms with Gasteiger partial charge in [0, 0.05) is 0 Å². The fourth-order valence-electron chi connectivity index (χ4n) is 0.481. The van der Waals surface area contributed by atoms with Gasteiger partial charge in [0.1, 0.15) is 0 Å². The zero-order chi connectivity index (χ0) is 5.82. The van der Waals surface area contributed by atoms with Gasteiger partial charge in [0.25, 0.3) is 0 Å². The molecule has 1 rings (SSSR count). The minimum Gasteiger partial charge on any atom is -0.340 e. The first-order valence-electron chi connectivity index (χ1n) is 2.30. The molecular weight excluding hydrogens is 140 g/mol. The largest absolute Gasteiger partial charge is 0.340 e. The van der Waals surface area contributed by atoms with E-state index < -0.39 is 0 Å². The van der Waals surface area contributed by atoms with Crippen molar-refractivity contribution in [2.45, 2.75) is 0 Å². The first-order valence-corrected chi connectivity index (χ1v) is 2.30. The number of hydrogen-bond donors (Lipinski definition) is 1. The van der Waals surface area contributed by atoms with Crippen LogP contribution in [0.25, 0.3) is 0 Å². The summed E-state index contributed by atoms with van der Waals surface area (Å²) in [6, 6.07) is 8.75. The third-order valence-electron chi connectivity index (χ3n) is 0.849. The molecule has 2 nitrogen and oxygen atoms in total. The normalized spacial score (nSPS) is 7.67. The van der Waals surface area contributed by atoms with Crippen LogP contribution >= 0.6 is 12.4 Å². The minimum absolute atomic E-state index is 0. The summed E-state index contributed by atoms with van der Waals surface area (Å²) in [5, 5.41) is 8.04. The van der Waals surface area contributed by atoms with Crippen LogP contribution in [0.5, 0.6) is 5.75 Å². The summed E-state index contributed by atoms with van der Waals surface area (Å²) in [6.07, 6.45) is 0. The quantitative estimate of drug-likeness (QED) is 0.485. The third kappa shape index (κ3) is 2.35. The molecule has 0 unspecified atom stereocenters. The number of halogens is 1. The number of benzene rings is 1. The van der Waals surface area contributed by atoms with Gasteiger partial charge < -0.3 is 4.89 Å². The van der Waals surface area contributed by atoms with Crippen molar-refractivity contribution in [1.29, 1.82) is 0 Å². The summed E-state index contributed by atoms with van der Waals surface area (Å²) >= 11 is 0. The summed E-state index contributed by atoms with van der Waals surface area (Å²) in [4.78, 5) is 3.91. The van der Waals surface area contributed by atoms with Crippen molar-refractivity contribution in [3.63, 3.8) is 0 Å². The predicted octanol–water partition coefficient (Wildman–Crippen LogP) is 1.96. The van der Waals surface area contributed by atoms with Gasteiger partial charge in [-0.3, -0.25) is 0 Å². The maximum absolute atomic E-state index is 8.04. The molecule has 3 heteroatoms. The Hall–Kier alpha value is -0.730. The van der Waals surface area contributed by atoms with E-state index >= 15 is 0 Å². The molecule has 0 aromatic heterocycles. The second-order valence-electron chi connectivity index (χ2n) is 1.40. The number of hydrogen-bond acceptors (Lipinski definition) is 2. The minimum atomic E-state index is 0. The van der Waals surface area contributed by atoms with Crippen molar-refractivity contribution in [3.8, 4) is 5.75 Å². The van der Waals surface area contributed by atoms with Gasteiger partial charge in [-0.25, -0.2) is 5.26 Å². The molecule has 0 saturated carbocycles. The van der Waals surface area contributed by atoms with Crippen molar-refractivity contribution < 1.29 is 10.1 Å². The maximum atomic E-state index is 8.04. The number of rotatable bonds is 1. The van der Waals surface area contributed by atoms with E-state index in [1.54, 1.807) is 24.3 Å². The molecule has 0 radical (unpaired) electrons. The van der Waals surface area contributed by atoms with E-state index in [4.69, 9.17) is 5.26 Å². The molecule has 0 bridgehead atoms. The van der Waals surface area contributed by atoms with Gasteiger partial charge in [0.15, 0.2) is 5.75 Å². The highest BCUT2D eigenvalue weighted by molar-refractivity contribution is 5.85. The van der Waals surface area contributed by atoms with Crippen LogP contribution in [0.15, 0.2) is 30.3 Å². The van der Waals surface area contributed by atoms with E-state index in [2.05, 4.69) is 4.89 Å². The Labute approximate surface area is 59.4 Å². The van der Waals surface area contributed by atoms with Gasteiger partial charge >= 0.3 is 0 Å². The van der Waals surface area contributed by atoms with Crippen molar-refractivity contribution in [2.75, 3.05) is 0 Å². The molecule has 0 saturated heterocycles. The van der Waals surface area contributed by atoms with Crippen LogP contribution in [-0.2, 0) is 0 Å². The van der Waals surface area contributed by atoms with Crippen LogP contribution in [0, 0.1) is 0 Å². The first kappa shape index (κ1) is 8.27. The number of para-hydroxylation sites is 1. The van der Waals surface area contributed by atoms with Gasteiger partial charge in [0.2, 0.25) is 0 Å². The lowest BCUT2D eigenvalue weighted by atomic mass is 10.3. The van der Waals surface area contributed by atoms with Crippen LogP contribution in [0.2, 0.25) is 0 Å². The van der Waals surface area contributed by atoms with Crippen LogP contribution in [0.4, 0.5) is 0 Å². The van der Waals surface area contributed by atoms with Crippen LogP contribution in [-0.4, -0.2) is 5.26 Å². The SMILES string of the molecule is Cl.OOc1ccccc1. The van der Waals surface area contributed by atoms with E-state index in [0.717, 1.165) is 0 Å². The molecule has 1 aromatic carbocycles. The summed E-state index contributed by atoms with van der Waals surface area (Å²) in [7, 11) is 0. The molecule has 0 spiro atoms. The van der Waals surface area contributed by atoms with E-state index in [1.165, 1.54) is 0 Å². The Bertz CT molecular complexity index is 152. The second-order valence-corrected chi connectivity index (χ2v) is 1.40. The highest BCUT2D eigenvalue weighted by Crippen LogP contribution is 2.05. The molecular formula is C6H7ClO2. The van der Waals surface area contributed by atoms with Crippen molar-refractivity contribution in [3.05, 3.63) is 30.3 Å². The lowest BCUT2D eigenvalue weighted by molar-refractivity contribution is -0.137. The van der Waals surface area contributed by atoms with Crippen molar-refractivity contribution >= 4 is 12.4 Å². The lowest BCUT2D eigenvalue weighted by Gasteiger charge is -1.90. The van der Waals surface area contributed by atoms with E-state index in [9.17, 15) is 0 Å². The van der Waals surface area contributed by atoms with Crippen molar-refractivity contribution in [1.82, 2.24) is 0 Å². The molecule has 50 valence electrons. The monoisotopic (exact) mass is 146 g/mol. The first-order chi connectivity index (χ1) is 3.93. The molecule has 9 heavy (non-hydrogen) atoms. The van der Waals surface area contributed by atoms with Crippen LogP contribution in [0.3, 0.4) is 0 Å². The maximum Gasteiger partial charge on any atom is 0.165 e. The van der Waals surface area contributed by atoms with Gasteiger partial charge in [-0.15, -0.1) is 12.4 Å². The topological polar surface area (TPSA) is 29.5 Å². The average Bonchev–Trinajstić information content (AvgIpc) is 1.90.